The lowest BCUT2D eigenvalue weighted by Crippen LogP contribution is -2.18. The van der Waals surface area contributed by atoms with Crippen LogP contribution in [0.3, 0.4) is 0 Å². The highest BCUT2D eigenvalue weighted by molar-refractivity contribution is 5.38. The highest BCUT2D eigenvalue weighted by atomic mass is 15.2. The Morgan fingerprint density at radius 2 is 2.06 bits per heavy atom. The van der Waals surface area contributed by atoms with Gasteiger partial charge in [-0.1, -0.05) is 12.1 Å². The van der Waals surface area contributed by atoms with Crippen LogP contribution in [0.15, 0.2) is 42.7 Å². The van der Waals surface area contributed by atoms with E-state index in [1.165, 1.54) is 5.56 Å². The maximum absolute atomic E-state index is 5.51. The van der Waals surface area contributed by atoms with E-state index in [1.807, 2.05) is 37.5 Å². The molecule has 0 fully saturated rings. The molecule has 0 atom stereocenters. The van der Waals surface area contributed by atoms with E-state index in [0.717, 1.165) is 24.5 Å². The molecule has 4 heteroatoms. The maximum Gasteiger partial charge on any atom is 0.128 e. The predicted molar refractivity (Wildman–Crippen MR) is 73.3 cm³/mol. The maximum atomic E-state index is 5.51. The molecule has 0 radical (unpaired) electrons. The van der Waals surface area contributed by atoms with Gasteiger partial charge in [0.25, 0.3) is 0 Å². The topological polar surface area (TPSA) is 55.0 Å². The van der Waals surface area contributed by atoms with Crippen molar-refractivity contribution in [1.29, 1.82) is 0 Å². The Morgan fingerprint density at radius 1 is 1.17 bits per heavy atom. The Balaban J connectivity index is 2.02. The highest BCUT2D eigenvalue weighted by Gasteiger charge is 2.04. The van der Waals surface area contributed by atoms with E-state index < -0.39 is 0 Å². The van der Waals surface area contributed by atoms with Crippen LogP contribution < -0.4 is 10.6 Å². The molecule has 0 amide bonds. The van der Waals surface area contributed by atoms with Crippen molar-refractivity contribution in [3.8, 4) is 0 Å². The molecule has 0 saturated heterocycles. The minimum atomic E-state index is 0.658. The van der Waals surface area contributed by atoms with Crippen molar-refractivity contribution in [2.45, 2.75) is 13.0 Å². The summed E-state index contributed by atoms with van der Waals surface area (Å²) in [6, 6.07) is 10.0. The van der Waals surface area contributed by atoms with Gasteiger partial charge in [0.1, 0.15) is 5.82 Å². The van der Waals surface area contributed by atoms with E-state index in [9.17, 15) is 0 Å². The molecule has 2 aromatic rings. The fourth-order valence-corrected chi connectivity index (χ4v) is 1.77. The van der Waals surface area contributed by atoms with Crippen LogP contribution in [0.2, 0.25) is 0 Å². The average Bonchev–Trinajstić information content (AvgIpc) is 2.41. The molecule has 4 nitrogen and oxygen atoms in total. The van der Waals surface area contributed by atoms with Crippen LogP contribution in [0.5, 0.6) is 0 Å². The molecule has 18 heavy (non-hydrogen) atoms. The minimum Gasteiger partial charge on any atom is -0.354 e. The normalized spacial score (nSPS) is 10.3. The molecule has 0 saturated carbocycles. The summed E-state index contributed by atoms with van der Waals surface area (Å²) >= 11 is 0. The second-order valence-corrected chi connectivity index (χ2v) is 4.24. The van der Waals surface area contributed by atoms with Gasteiger partial charge >= 0.3 is 0 Å². The summed E-state index contributed by atoms with van der Waals surface area (Å²) in [7, 11) is 2.01. The summed E-state index contributed by atoms with van der Waals surface area (Å²) in [5, 5.41) is 0. The molecular formula is C14H18N4. The van der Waals surface area contributed by atoms with Gasteiger partial charge in [0, 0.05) is 19.4 Å². The van der Waals surface area contributed by atoms with Gasteiger partial charge in [-0.3, -0.25) is 4.98 Å². The summed E-state index contributed by atoms with van der Waals surface area (Å²) in [5.74, 6) is 0.946. The van der Waals surface area contributed by atoms with Gasteiger partial charge < -0.3 is 10.6 Å². The third kappa shape index (κ3) is 3.28. The van der Waals surface area contributed by atoms with Crippen molar-refractivity contribution in [1.82, 2.24) is 9.97 Å². The number of hydrogen-bond donors (Lipinski definition) is 1. The van der Waals surface area contributed by atoms with Crippen LogP contribution in [0.1, 0.15) is 11.3 Å². The second kappa shape index (κ2) is 6.12. The Bertz CT molecular complexity index is 467. The largest absolute Gasteiger partial charge is 0.354 e. The summed E-state index contributed by atoms with van der Waals surface area (Å²) < 4.78 is 0. The Hall–Kier alpha value is -1.94. The van der Waals surface area contributed by atoms with Crippen molar-refractivity contribution in [3.05, 3.63) is 54.0 Å². The first kappa shape index (κ1) is 12.5. The Morgan fingerprint density at radius 3 is 2.67 bits per heavy atom. The average molecular weight is 242 g/mol. The van der Waals surface area contributed by atoms with Gasteiger partial charge in [-0.2, -0.15) is 0 Å². The van der Waals surface area contributed by atoms with Crippen molar-refractivity contribution in [2.75, 3.05) is 18.5 Å². The van der Waals surface area contributed by atoms with Gasteiger partial charge in [0.2, 0.25) is 0 Å². The van der Waals surface area contributed by atoms with Crippen LogP contribution in [-0.2, 0) is 13.0 Å². The number of anilines is 1. The van der Waals surface area contributed by atoms with E-state index in [2.05, 4.69) is 20.9 Å². The van der Waals surface area contributed by atoms with Crippen LogP contribution in [-0.4, -0.2) is 23.6 Å². The van der Waals surface area contributed by atoms with Crippen LogP contribution in [0.25, 0.3) is 0 Å². The summed E-state index contributed by atoms with van der Waals surface area (Å²) in [4.78, 5) is 10.8. The van der Waals surface area contributed by atoms with Gasteiger partial charge in [-0.15, -0.1) is 0 Å². The van der Waals surface area contributed by atoms with Crippen LogP contribution >= 0.6 is 0 Å². The first-order valence-corrected chi connectivity index (χ1v) is 6.05. The van der Waals surface area contributed by atoms with Crippen molar-refractivity contribution < 1.29 is 0 Å². The fourth-order valence-electron chi connectivity index (χ4n) is 1.77. The molecule has 2 rings (SSSR count). The zero-order chi connectivity index (χ0) is 12.8. The van der Waals surface area contributed by atoms with Crippen molar-refractivity contribution in [2.24, 2.45) is 5.73 Å². The molecule has 0 bridgehead atoms. The molecule has 0 aliphatic heterocycles. The zero-order valence-electron chi connectivity index (χ0n) is 10.6. The van der Waals surface area contributed by atoms with Crippen molar-refractivity contribution in [3.63, 3.8) is 0 Å². The first-order valence-electron chi connectivity index (χ1n) is 6.05. The quantitative estimate of drug-likeness (QED) is 0.865. The lowest BCUT2D eigenvalue weighted by molar-refractivity contribution is 0.861. The summed E-state index contributed by atoms with van der Waals surface area (Å²) in [5.41, 5.74) is 7.72. The Labute approximate surface area is 107 Å². The zero-order valence-corrected chi connectivity index (χ0v) is 10.6. The molecule has 2 heterocycles. The number of nitrogens with two attached hydrogens (primary N) is 1. The molecular weight excluding hydrogens is 224 g/mol. The predicted octanol–water partition coefficient (Wildman–Crippen LogP) is 1.61. The summed E-state index contributed by atoms with van der Waals surface area (Å²) in [6.07, 6.45) is 4.56. The van der Waals surface area contributed by atoms with E-state index in [-0.39, 0.29) is 0 Å². The van der Waals surface area contributed by atoms with Gasteiger partial charge in [0.15, 0.2) is 0 Å². The number of rotatable bonds is 5. The molecule has 2 aromatic heterocycles. The second-order valence-electron chi connectivity index (χ2n) is 4.24. The van der Waals surface area contributed by atoms with E-state index in [1.54, 1.807) is 6.20 Å². The minimum absolute atomic E-state index is 0.658. The smallest absolute Gasteiger partial charge is 0.128 e. The van der Waals surface area contributed by atoms with Gasteiger partial charge in [-0.25, -0.2) is 4.98 Å². The molecule has 0 aromatic carbocycles. The summed E-state index contributed by atoms with van der Waals surface area (Å²) in [6.45, 7) is 1.41. The van der Waals surface area contributed by atoms with Crippen molar-refractivity contribution >= 4 is 5.82 Å². The molecule has 94 valence electrons. The molecule has 0 spiro atoms. The third-order valence-electron chi connectivity index (χ3n) is 2.76. The molecule has 0 aliphatic carbocycles. The number of pyridine rings is 2. The lowest BCUT2D eigenvalue weighted by atomic mass is 10.2. The monoisotopic (exact) mass is 242 g/mol. The molecule has 0 aliphatic rings. The van der Waals surface area contributed by atoms with Gasteiger partial charge in [-0.05, 0) is 36.7 Å². The first-order chi connectivity index (χ1) is 8.79. The SMILES string of the molecule is CN(Cc1ccccn1)c1ccc(CCN)cn1. The van der Waals surface area contributed by atoms with E-state index >= 15 is 0 Å². The molecule has 2 N–H and O–H groups in total. The number of nitrogens with zero attached hydrogens (tertiary/aromatic N) is 3. The number of aromatic nitrogens is 2. The molecule has 0 unspecified atom stereocenters. The lowest BCUT2D eigenvalue weighted by Gasteiger charge is -2.17. The van der Waals surface area contributed by atoms with Crippen LogP contribution in [0.4, 0.5) is 5.82 Å². The standard InChI is InChI=1S/C14H18N4/c1-18(11-13-4-2-3-9-16-13)14-6-5-12(7-8-15)10-17-14/h2-6,9-10H,7-8,11,15H2,1H3. The third-order valence-corrected chi connectivity index (χ3v) is 2.76. The fraction of sp³-hybridized carbons (Fsp3) is 0.286. The van der Waals surface area contributed by atoms with Crippen LogP contribution in [0, 0.1) is 0 Å². The van der Waals surface area contributed by atoms with Gasteiger partial charge in [0.05, 0.1) is 12.2 Å². The van der Waals surface area contributed by atoms with E-state index in [0.29, 0.717) is 6.54 Å². The number of hydrogen-bond acceptors (Lipinski definition) is 4. The Kier molecular flexibility index (Phi) is 4.25. The highest BCUT2D eigenvalue weighted by Crippen LogP contribution is 2.12. The van der Waals surface area contributed by atoms with E-state index in [4.69, 9.17) is 5.73 Å².